The van der Waals surface area contributed by atoms with Crippen molar-refractivity contribution in [2.45, 2.75) is 19.6 Å². The van der Waals surface area contributed by atoms with Crippen molar-refractivity contribution in [3.05, 3.63) is 65.0 Å². The average molecular weight is 365 g/mol. The van der Waals surface area contributed by atoms with Crippen molar-refractivity contribution in [2.24, 2.45) is 0 Å². The normalized spacial score (nSPS) is 12.4. The van der Waals surface area contributed by atoms with E-state index < -0.39 is 6.10 Å². The number of aryl methyl sites for hydroxylation is 1. The smallest absolute Gasteiger partial charge is 0.160 e. The first-order chi connectivity index (χ1) is 12.7. The van der Waals surface area contributed by atoms with E-state index in [4.69, 9.17) is 9.72 Å². The number of imidazole rings is 1. The predicted molar refractivity (Wildman–Crippen MR) is 104 cm³/mol. The highest BCUT2D eigenvalue weighted by Crippen LogP contribution is 2.25. The molecular formula is C20H19N3O2S. The number of benzene rings is 2. The molecule has 132 valence electrons. The van der Waals surface area contributed by atoms with Gasteiger partial charge >= 0.3 is 0 Å². The van der Waals surface area contributed by atoms with Crippen LogP contribution in [0.2, 0.25) is 0 Å². The third kappa shape index (κ3) is 3.47. The fourth-order valence-electron chi connectivity index (χ4n) is 2.87. The number of aromatic nitrogens is 3. The van der Waals surface area contributed by atoms with Crippen LogP contribution in [0.5, 0.6) is 5.75 Å². The van der Waals surface area contributed by atoms with Gasteiger partial charge in [0.15, 0.2) is 5.82 Å². The molecule has 6 heteroatoms. The Kier molecular flexibility index (Phi) is 4.69. The molecule has 0 aliphatic carbocycles. The Labute approximate surface area is 155 Å². The van der Waals surface area contributed by atoms with Gasteiger partial charge in [-0.1, -0.05) is 29.8 Å². The maximum absolute atomic E-state index is 10.5. The van der Waals surface area contributed by atoms with Gasteiger partial charge in [0.2, 0.25) is 0 Å². The summed E-state index contributed by atoms with van der Waals surface area (Å²) >= 11 is 1.53. The van der Waals surface area contributed by atoms with Crippen LogP contribution in [0.4, 0.5) is 0 Å². The van der Waals surface area contributed by atoms with E-state index in [0.717, 1.165) is 28.3 Å². The van der Waals surface area contributed by atoms with E-state index in [-0.39, 0.29) is 6.61 Å². The summed E-state index contributed by atoms with van der Waals surface area (Å²) in [5.41, 5.74) is 5.65. The molecule has 0 saturated carbocycles. The van der Waals surface area contributed by atoms with E-state index in [0.29, 0.717) is 6.54 Å². The number of fused-ring (bicyclic) bond motifs is 1. The number of rotatable bonds is 6. The molecule has 4 rings (SSSR count). The van der Waals surface area contributed by atoms with Crippen LogP contribution >= 0.6 is 11.3 Å². The molecular weight excluding hydrogens is 346 g/mol. The quantitative estimate of drug-likeness (QED) is 0.563. The molecule has 4 aromatic rings. The van der Waals surface area contributed by atoms with Gasteiger partial charge in [0.1, 0.15) is 24.2 Å². The number of hydrogen-bond acceptors (Lipinski definition) is 5. The molecule has 0 aliphatic heterocycles. The van der Waals surface area contributed by atoms with Crippen molar-refractivity contribution < 1.29 is 9.84 Å². The van der Waals surface area contributed by atoms with Gasteiger partial charge < -0.3 is 14.4 Å². The van der Waals surface area contributed by atoms with Gasteiger partial charge in [0.25, 0.3) is 0 Å². The summed E-state index contributed by atoms with van der Waals surface area (Å²) in [6.45, 7) is 2.63. The van der Waals surface area contributed by atoms with Crippen LogP contribution in [0.25, 0.3) is 22.6 Å². The molecule has 0 radical (unpaired) electrons. The van der Waals surface area contributed by atoms with Gasteiger partial charge in [-0.3, -0.25) is 0 Å². The highest BCUT2D eigenvalue weighted by molar-refractivity contribution is 7.07. The molecule has 1 N–H and O–H groups in total. The predicted octanol–water partition coefficient (Wildman–Crippen LogP) is 3.91. The Morgan fingerprint density at radius 3 is 2.73 bits per heavy atom. The number of hydrogen-bond donors (Lipinski definition) is 1. The third-order valence-electron chi connectivity index (χ3n) is 4.17. The summed E-state index contributed by atoms with van der Waals surface area (Å²) in [6, 6.07) is 15.7. The fourth-order valence-corrected chi connectivity index (χ4v) is 3.40. The van der Waals surface area contributed by atoms with Crippen molar-refractivity contribution in [1.82, 2.24) is 14.5 Å². The summed E-state index contributed by atoms with van der Waals surface area (Å²) in [6.07, 6.45) is -0.661. The van der Waals surface area contributed by atoms with Gasteiger partial charge in [-0.25, -0.2) is 9.97 Å². The Balaban J connectivity index is 1.56. The first kappa shape index (κ1) is 16.8. The lowest BCUT2D eigenvalue weighted by Crippen LogP contribution is -2.24. The number of aliphatic hydroxyl groups is 1. The van der Waals surface area contributed by atoms with E-state index in [1.807, 2.05) is 65.4 Å². The Hall–Kier alpha value is -2.70. The molecule has 5 nitrogen and oxygen atoms in total. The van der Waals surface area contributed by atoms with Crippen LogP contribution in [0, 0.1) is 6.92 Å². The van der Waals surface area contributed by atoms with E-state index in [2.05, 4.69) is 4.98 Å². The maximum atomic E-state index is 10.5. The van der Waals surface area contributed by atoms with Crippen LogP contribution in [0.15, 0.2) is 59.4 Å². The van der Waals surface area contributed by atoms with E-state index >= 15 is 0 Å². The monoisotopic (exact) mass is 365 g/mol. The van der Waals surface area contributed by atoms with E-state index in [9.17, 15) is 5.11 Å². The second-order valence-electron chi connectivity index (χ2n) is 6.19. The van der Waals surface area contributed by atoms with Crippen LogP contribution in [0.3, 0.4) is 0 Å². The van der Waals surface area contributed by atoms with Crippen LogP contribution in [0.1, 0.15) is 5.56 Å². The molecule has 0 bridgehead atoms. The lowest BCUT2D eigenvalue weighted by molar-refractivity contribution is 0.0938. The largest absolute Gasteiger partial charge is 0.491 e. The fraction of sp³-hybridized carbons (Fsp3) is 0.200. The summed E-state index contributed by atoms with van der Waals surface area (Å²) in [4.78, 5) is 9.07. The minimum Gasteiger partial charge on any atom is -0.491 e. The first-order valence-electron chi connectivity index (χ1n) is 8.42. The molecule has 1 atom stereocenters. The van der Waals surface area contributed by atoms with Gasteiger partial charge in [0, 0.05) is 5.38 Å². The molecule has 0 unspecified atom stereocenters. The molecule has 0 fully saturated rings. The Morgan fingerprint density at radius 1 is 1.15 bits per heavy atom. The highest BCUT2D eigenvalue weighted by Gasteiger charge is 2.17. The number of ether oxygens (including phenoxy) is 1. The van der Waals surface area contributed by atoms with Crippen molar-refractivity contribution in [3.63, 3.8) is 0 Å². The highest BCUT2D eigenvalue weighted by atomic mass is 32.1. The number of thiazole rings is 1. The minimum atomic E-state index is -0.661. The molecule has 2 aromatic carbocycles. The summed E-state index contributed by atoms with van der Waals surface area (Å²) < 4.78 is 7.72. The van der Waals surface area contributed by atoms with Gasteiger partial charge in [-0.05, 0) is 31.2 Å². The summed E-state index contributed by atoms with van der Waals surface area (Å²) in [5, 5.41) is 12.5. The lowest BCUT2D eigenvalue weighted by Gasteiger charge is -2.15. The summed E-state index contributed by atoms with van der Waals surface area (Å²) in [5.74, 6) is 1.52. The topological polar surface area (TPSA) is 60.2 Å². The first-order valence-corrected chi connectivity index (χ1v) is 9.36. The molecule has 2 heterocycles. The Morgan fingerprint density at radius 2 is 1.96 bits per heavy atom. The van der Waals surface area contributed by atoms with Crippen molar-refractivity contribution in [3.8, 4) is 17.3 Å². The SMILES string of the molecule is Cc1ccc(OC[C@H](O)Cn2c(-c3cscn3)nc3ccccc32)cc1. The number of nitrogens with zero attached hydrogens (tertiary/aromatic N) is 3. The maximum Gasteiger partial charge on any atom is 0.160 e. The second kappa shape index (κ2) is 7.27. The van der Waals surface area contributed by atoms with Gasteiger partial charge in [0.05, 0.1) is 23.1 Å². The molecule has 0 aliphatic rings. The number of aliphatic hydroxyl groups excluding tert-OH is 1. The molecule has 2 aromatic heterocycles. The van der Waals surface area contributed by atoms with Gasteiger partial charge in [-0.2, -0.15) is 0 Å². The minimum absolute atomic E-state index is 0.214. The zero-order valence-corrected chi connectivity index (χ0v) is 15.2. The molecule has 0 saturated heterocycles. The molecule has 0 spiro atoms. The Bertz CT molecular complexity index is 994. The van der Waals surface area contributed by atoms with Crippen molar-refractivity contribution in [2.75, 3.05) is 6.61 Å². The van der Waals surface area contributed by atoms with E-state index in [1.54, 1.807) is 5.51 Å². The van der Waals surface area contributed by atoms with Crippen LogP contribution < -0.4 is 4.74 Å². The molecule has 0 amide bonds. The van der Waals surface area contributed by atoms with Crippen LogP contribution in [-0.4, -0.2) is 32.4 Å². The lowest BCUT2D eigenvalue weighted by atomic mass is 10.2. The van der Waals surface area contributed by atoms with Crippen molar-refractivity contribution >= 4 is 22.4 Å². The zero-order valence-electron chi connectivity index (χ0n) is 14.4. The molecule has 26 heavy (non-hydrogen) atoms. The second-order valence-corrected chi connectivity index (χ2v) is 6.90. The number of para-hydroxylation sites is 2. The zero-order chi connectivity index (χ0) is 17.9. The standard InChI is InChI=1S/C20H19N3O2S/c1-14-6-8-16(9-7-14)25-11-15(24)10-23-19-5-3-2-4-17(19)22-20(23)18-12-26-13-21-18/h2-9,12-13,15,24H,10-11H2,1H3/t15-/m1/s1. The average Bonchev–Trinajstić information content (AvgIpc) is 3.30. The van der Waals surface area contributed by atoms with Gasteiger partial charge in [-0.15, -0.1) is 11.3 Å². The third-order valence-corrected chi connectivity index (χ3v) is 4.76. The van der Waals surface area contributed by atoms with Crippen molar-refractivity contribution in [1.29, 1.82) is 0 Å². The van der Waals surface area contributed by atoms with Crippen LogP contribution in [-0.2, 0) is 6.54 Å². The van der Waals surface area contributed by atoms with E-state index in [1.165, 1.54) is 16.9 Å². The summed E-state index contributed by atoms with van der Waals surface area (Å²) in [7, 11) is 0.